The van der Waals surface area contributed by atoms with Crippen molar-refractivity contribution in [1.29, 1.82) is 0 Å². The predicted octanol–water partition coefficient (Wildman–Crippen LogP) is 2.50. The van der Waals surface area contributed by atoms with Gasteiger partial charge in [0.25, 0.3) is 0 Å². The highest BCUT2D eigenvalue weighted by Crippen LogP contribution is 2.40. The maximum Gasteiger partial charge on any atom is 0.238 e. The van der Waals surface area contributed by atoms with Crippen molar-refractivity contribution in [3.8, 4) is 0 Å². The van der Waals surface area contributed by atoms with E-state index < -0.39 is 10.0 Å². The molecule has 3 rings (SSSR count). The summed E-state index contributed by atoms with van der Waals surface area (Å²) in [5.41, 5.74) is 0.506. The van der Waals surface area contributed by atoms with Crippen LogP contribution in [0.15, 0.2) is 34.3 Å². The first kappa shape index (κ1) is 19.8. The summed E-state index contributed by atoms with van der Waals surface area (Å²) in [6.45, 7) is 5.97. The number of primary sulfonamides is 1. The third kappa shape index (κ3) is 4.69. The Labute approximate surface area is 163 Å². The third-order valence-electron chi connectivity index (χ3n) is 4.22. The Bertz CT molecular complexity index is 934. The quantitative estimate of drug-likeness (QED) is 0.678. The molecule has 1 aromatic carbocycles. The Hall–Kier alpha value is -1.91. The van der Waals surface area contributed by atoms with Gasteiger partial charge in [-0.3, -0.25) is 4.79 Å². The maximum absolute atomic E-state index is 12.5. The van der Waals surface area contributed by atoms with E-state index in [4.69, 9.17) is 5.14 Å². The number of nitrogens with two attached hydrogens (primary N) is 1. The Kier molecular flexibility index (Phi) is 5.59. The summed E-state index contributed by atoms with van der Waals surface area (Å²) in [6.07, 6.45) is 2.23. The van der Waals surface area contributed by atoms with Crippen LogP contribution in [0.5, 0.6) is 0 Å². The van der Waals surface area contributed by atoms with Crippen LogP contribution >= 0.6 is 11.8 Å². The molecule has 1 amide bonds. The molecule has 0 bridgehead atoms. The van der Waals surface area contributed by atoms with E-state index in [1.807, 2.05) is 0 Å². The minimum absolute atomic E-state index is 0.00155. The van der Waals surface area contributed by atoms with Crippen LogP contribution in [-0.4, -0.2) is 34.3 Å². The van der Waals surface area contributed by atoms with Crippen LogP contribution in [0.25, 0.3) is 0 Å². The number of rotatable bonds is 7. The lowest BCUT2D eigenvalue weighted by molar-refractivity contribution is -0.115. The van der Waals surface area contributed by atoms with Crippen LogP contribution in [0.1, 0.15) is 51.4 Å². The number of anilines is 1. The molecule has 146 valence electrons. The topological polar surface area (TPSA) is 120 Å². The monoisotopic (exact) mass is 409 g/mol. The first-order chi connectivity index (χ1) is 12.7. The van der Waals surface area contributed by atoms with Gasteiger partial charge in [0.1, 0.15) is 5.82 Å². The smallest absolute Gasteiger partial charge is 0.238 e. The van der Waals surface area contributed by atoms with Crippen LogP contribution in [0, 0.1) is 0 Å². The second-order valence-corrected chi connectivity index (χ2v) is 9.78. The second-order valence-electron chi connectivity index (χ2n) is 6.92. The highest BCUT2D eigenvalue weighted by Gasteiger charge is 2.31. The number of nitrogens with one attached hydrogen (secondary N) is 1. The molecule has 1 saturated carbocycles. The Morgan fingerprint density at radius 1 is 1.22 bits per heavy atom. The Morgan fingerprint density at radius 3 is 2.37 bits per heavy atom. The van der Waals surface area contributed by atoms with Crippen LogP contribution in [0.2, 0.25) is 0 Å². The standard InChI is InChI=1S/C17H23N5O3S2/c1-10(2)15-20-21-17(22(15)13-6-7-13)26-11(3)16(23)19-12-4-8-14(9-5-12)27(18,24)25/h4-5,8-11,13H,6-7H2,1-3H3,(H,19,23)(H2,18,24,25)/t11-/m0/s1. The van der Waals surface area contributed by atoms with Crippen molar-refractivity contribution in [3.63, 3.8) is 0 Å². The average molecular weight is 410 g/mol. The number of sulfonamides is 1. The number of carbonyl (C=O) groups is 1. The number of hydrogen-bond donors (Lipinski definition) is 2. The first-order valence-corrected chi connectivity index (χ1v) is 11.1. The zero-order chi connectivity index (χ0) is 19.8. The van der Waals surface area contributed by atoms with E-state index in [1.165, 1.54) is 36.0 Å². The summed E-state index contributed by atoms with van der Waals surface area (Å²) in [5.74, 6) is 1.03. The van der Waals surface area contributed by atoms with E-state index in [1.54, 1.807) is 6.92 Å². The molecule has 10 heteroatoms. The minimum atomic E-state index is -3.75. The fourth-order valence-electron chi connectivity index (χ4n) is 2.62. The molecule has 27 heavy (non-hydrogen) atoms. The van der Waals surface area contributed by atoms with Crippen LogP contribution in [0.3, 0.4) is 0 Å². The molecule has 1 aliphatic rings. The molecule has 0 unspecified atom stereocenters. The van der Waals surface area contributed by atoms with Gasteiger partial charge in [0.15, 0.2) is 5.16 Å². The number of carbonyl (C=O) groups excluding carboxylic acids is 1. The molecule has 1 atom stereocenters. The molecule has 0 aliphatic heterocycles. The van der Waals surface area contributed by atoms with Crippen molar-refractivity contribution in [2.24, 2.45) is 5.14 Å². The average Bonchev–Trinajstić information content (AvgIpc) is 3.34. The van der Waals surface area contributed by atoms with Gasteiger partial charge in [0.2, 0.25) is 15.9 Å². The lowest BCUT2D eigenvalue weighted by atomic mass is 10.2. The summed E-state index contributed by atoms with van der Waals surface area (Å²) in [6, 6.07) is 6.18. The van der Waals surface area contributed by atoms with Crippen molar-refractivity contribution < 1.29 is 13.2 Å². The molecule has 1 aromatic heterocycles. The van der Waals surface area contributed by atoms with E-state index in [9.17, 15) is 13.2 Å². The summed E-state index contributed by atoms with van der Waals surface area (Å²) < 4.78 is 24.7. The summed E-state index contributed by atoms with van der Waals surface area (Å²) in [5, 5.41) is 16.8. The highest BCUT2D eigenvalue weighted by atomic mass is 32.2. The van der Waals surface area contributed by atoms with E-state index in [-0.39, 0.29) is 22.0 Å². The molecule has 3 N–H and O–H groups in total. The highest BCUT2D eigenvalue weighted by molar-refractivity contribution is 8.00. The maximum atomic E-state index is 12.5. The van der Waals surface area contributed by atoms with Gasteiger partial charge in [-0.25, -0.2) is 13.6 Å². The largest absolute Gasteiger partial charge is 0.325 e. The number of hydrogen-bond acceptors (Lipinski definition) is 6. The summed E-state index contributed by atoms with van der Waals surface area (Å²) in [4.78, 5) is 12.5. The number of thioether (sulfide) groups is 1. The van der Waals surface area contributed by atoms with Crippen molar-refractivity contribution in [1.82, 2.24) is 14.8 Å². The predicted molar refractivity (Wildman–Crippen MR) is 104 cm³/mol. The molecule has 0 saturated heterocycles. The van der Waals surface area contributed by atoms with Gasteiger partial charge in [0.05, 0.1) is 10.1 Å². The lowest BCUT2D eigenvalue weighted by Crippen LogP contribution is -2.23. The Balaban J connectivity index is 1.68. The SMILES string of the molecule is CC(C)c1nnc(S[C@@H](C)C(=O)Nc2ccc(S(N)(=O)=O)cc2)n1C1CC1. The zero-order valence-electron chi connectivity index (χ0n) is 15.4. The number of benzene rings is 1. The van der Waals surface area contributed by atoms with Crippen molar-refractivity contribution >= 4 is 33.4 Å². The van der Waals surface area contributed by atoms with E-state index in [0.717, 1.165) is 23.8 Å². The van der Waals surface area contributed by atoms with E-state index in [0.29, 0.717) is 11.7 Å². The summed E-state index contributed by atoms with van der Waals surface area (Å²) >= 11 is 1.37. The van der Waals surface area contributed by atoms with Crippen LogP contribution in [-0.2, 0) is 14.8 Å². The minimum Gasteiger partial charge on any atom is -0.325 e. The fraction of sp³-hybridized carbons (Fsp3) is 0.471. The molecule has 0 radical (unpaired) electrons. The van der Waals surface area contributed by atoms with Gasteiger partial charge < -0.3 is 9.88 Å². The first-order valence-electron chi connectivity index (χ1n) is 8.72. The normalized spacial score (nSPS) is 15.7. The van der Waals surface area contributed by atoms with Crippen molar-refractivity contribution in [2.75, 3.05) is 5.32 Å². The number of aromatic nitrogens is 3. The van der Waals surface area contributed by atoms with E-state index in [2.05, 4.69) is 33.9 Å². The van der Waals surface area contributed by atoms with Crippen LogP contribution < -0.4 is 10.5 Å². The molecular weight excluding hydrogens is 386 g/mol. The lowest BCUT2D eigenvalue weighted by Gasteiger charge is -2.14. The van der Waals surface area contributed by atoms with Gasteiger partial charge >= 0.3 is 0 Å². The van der Waals surface area contributed by atoms with Crippen molar-refractivity contribution in [2.45, 2.75) is 60.9 Å². The number of nitrogens with zero attached hydrogens (tertiary/aromatic N) is 3. The molecular formula is C17H23N5O3S2. The van der Waals surface area contributed by atoms with Gasteiger partial charge in [-0.15, -0.1) is 10.2 Å². The molecule has 2 aromatic rings. The van der Waals surface area contributed by atoms with Gasteiger partial charge in [-0.05, 0) is 44.0 Å². The zero-order valence-corrected chi connectivity index (χ0v) is 17.0. The third-order valence-corrected chi connectivity index (χ3v) is 6.21. The molecule has 8 nitrogen and oxygen atoms in total. The van der Waals surface area contributed by atoms with Crippen molar-refractivity contribution in [3.05, 3.63) is 30.1 Å². The molecule has 0 spiro atoms. The second kappa shape index (κ2) is 7.61. The Morgan fingerprint density at radius 2 is 1.85 bits per heavy atom. The summed E-state index contributed by atoms with van der Waals surface area (Å²) in [7, 11) is -3.75. The van der Waals surface area contributed by atoms with E-state index >= 15 is 0 Å². The molecule has 1 aliphatic carbocycles. The fourth-order valence-corrected chi connectivity index (χ4v) is 4.06. The van der Waals surface area contributed by atoms with Gasteiger partial charge in [-0.1, -0.05) is 25.6 Å². The molecule has 1 heterocycles. The van der Waals surface area contributed by atoms with Crippen LogP contribution in [0.4, 0.5) is 5.69 Å². The molecule has 1 fully saturated rings. The number of amides is 1. The van der Waals surface area contributed by atoms with Gasteiger partial charge in [0, 0.05) is 17.6 Å². The van der Waals surface area contributed by atoms with Gasteiger partial charge in [-0.2, -0.15) is 0 Å².